The summed E-state index contributed by atoms with van der Waals surface area (Å²) in [5.41, 5.74) is -0.462. The molecule has 1 aliphatic rings. The van der Waals surface area contributed by atoms with Crippen molar-refractivity contribution < 1.29 is 10.2 Å². The minimum atomic E-state index is -0.462. The van der Waals surface area contributed by atoms with Crippen molar-refractivity contribution in [1.82, 2.24) is 0 Å². The molecule has 0 bridgehead atoms. The first-order valence-corrected chi connectivity index (χ1v) is 4.94. The van der Waals surface area contributed by atoms with Crippen molar-refractivity contribution >= 4 is 0 Å². The van der Waals surface area contributed by atoms with Gasteiger partial charge in [-0.05, 0) is 32.1 Å². The monoisotopic (exact) mass is 172 g/mol. The van der Waals surface area contributed by atoms with Crippen molar-refractivity contribution in [2.45, 2.75) is 57.7 Å². The molecule has 0 spiro atoms. The van der Waals surface area contributed by atoms with E-state index in [1.807, 2.05) is 6.92 Å². The summed E-state index contributed by atoms with van der Waals surface area (Å²) < 4.78 is 0. The van der Waals surface area contributed by atoms with E-state index in [9.17, 15) is 10.2 Å². The van der Waals surface area contributed by atoms with E-state index in [-0.39, 0.29) is 12.0 Å². The maximum absolute atomic E-state index is 10.00. The smallest absolute Gasteiger partial charge is 0.0651 e. The van der Waals surface area contributed by atoms with Gasteiger partial charge in [0.25, 0.3) is 0 Å². The molecule has 1 fully saturated rings. The lowest BCUT2D eigenvalue weighted by molar-refractivity contribution is 0.000956. The van der Waals surface area contributed by atoms with Gasteiger partial charge in [0.05, 0.1) is 11.7 Å². The van der Waals surface area contributed by atoms with E-state index in [4.69, 9.17) is 0 Å². The Kier molecular flexibility index (Phi) is 3.13. The quantitative estimate of drug-likeness (QED) is 0.680. The highest BCUT2D eigenvalue weighted by molar-refractivity contribution is 4.86. The van der Waals surface area contributed by atoms with Gasteiger partial charge in [-0.1, -0.05) is 19.8 Å². The van der Waals surface area contributed by atoms with Crippen LogP contribution in [0.5, 0.6) is 0 Å². The van der Waals surface area contributed by atoms with Crippen LogP contribution in [0.3, 0.4) is 0 Å². The maximum Gasteiger partial charge on any atom is 0.0651 e. The standard InChI is InChI=1S/C10H20O2/c1-8(9(2)11)7-10(12)5-3-4-6-10/h8-9,11-12H,3-7H2,1-2H3. The van der Waals surface area contributed by atoms with E-state index in [1.165, 1.54) is 0 Å². The first-order chi connectivity index (χ1) is 5.53. The van der Waals surface area contributed by atoms with Crippen molar-refractivity contribution in [3.8, 4) is 0 Å². The maximum atomic E-state index is 10.00. The molecule has 2 atom stereocenters. The summed E-state index contributed by atoms with van der Waals surface area (Å²) in [4.78, 5) is 0. The first kappa shape index (κ1) is 10.0. The van der Waals surface area contributed by atoms with Crippen molar-refractivity contribution in [3.63, 3.8) is 0 Å². The summed E-state index contributed by atoms with van der Waals surface area (Å²) >= 11 is 0. The van der Waals surface area contributed by atoms with Crippen LogP contribution in [0.1, 0.15) is 46.0 Å². The molecule has 0 radical (unpaired) electrons. The fourth-order valence-electron chi connectivity index (χ4n) is 2.01. The van der Waals surface area contributed by atoms with Crippen LogP contribution in [0.15, 0.2) is 0 Å². The Bertz CT molecular complexity index is 137. The molecule has 1 aliphatic carbocycles. The second-order valence-electron chi connectivity index (χ2n) is 4.35. The molecule has 0 amide bonds. The number of hydrogen-bond donors (Lipinski definition) is 2. The van der Waals surface area contributed by atoms with Gasteiger partial charge in [-0.15, -0.1) is 0 Å². The van der Waals surface area contributed by atoms with Crippen molar-refractivity contribution in [2.75, 3.05) is 0 Å². The minimum Gasteiger partial charge on any atom is -0.393 e. The summed E-state index contributed by atoms with van der Waals surface area (Å²) in [6.07, 6.45) is 4.58. The van der Waals surface area contributed by atoms with Gasteiger partial charge in [-0.25, -0.2) is 0 Å². The third-order valence-corrected chi connectivity index (χ3v) is 3.06. The predicted octanol–water partition coefficient (Wildman–Crippen LogP) is 1.70. The highest BCUT2D eigenvalue weighted by atomic mass is 16.3. The number of aliphatic hydroxyl groups is 2. The molecule has 0 aliphatic heterocycles. The van der Waals surface area contributed by atoms with Crippen LogP contribution in [-0.4, -0.2) is 21.9 Å². The molecule has 2 nitrogen and oxygen atoms in total. The number of aliphatic hydroxyl groups excluding tert-OH is 1. The van der Waals surface area contributed by atoms with Gasteiger partial charge in [0.2, 0.25) is 0 Å². The minimum absolute atomic E-state index is 0.216. The number of hydrogen-bond acceptors (Lipinski definition) is 2. The normalized spacial score (nSPS) is 27.0. The Balaban J connectivity index is 2.38. The second kappa shape index (κ2) is 3.75. The number of rotatable bonds is 3. The lowest BCUT2D eigenvalue weighted by atomic mass is 9.87. The molecule has 2 unspecified atom stereocenters. The van der Waals surface area contributed by atoms with Gasteiger partial charge >= 0.3 is 0 Å². The zero-order valence-electron chi connectivity index (χ0n) is 8.08. The summed E-state index contributed by atoms with van der Waals surface area (Å²) in [5, 5.41) is 19.3. The van der Waals surface area contributed by atoms with Gasteiger partial charge in [0.1, 0.15) is 0 Å². The molecule has 1 rings (SSSR count). The summed E-state index contributed by atoms with van der Waals surface area (Å²) in [7, 11) is 0. The Labute approximate surface area is 74.6 Å². The zero-order valence-corrected chi connectivity index (χ0v) is 8.08. The summed E-state index contributed by atoms with van der Waals surface area (Å²) in [6.45, 7) is 3.80. The topological polar surface area (TPSA) is 40.5 Å². The molecular formula is C10H20O2. The molecule has 72 valence electrons. The van der Waals surface area contributed by atoms with Crippen LogP contribution in [-0.2, 0) is 0 Å². The van der Waals surface area contributed by atoms with E-state index in [0.29, 0.717) is 0 Å². The van der Waals surface area contributed by atoms with Crippen LogP contribution in [0.4, 0.5) is 0 Å². The van der Waals surface area contributed by atoms with Gasteiger partial charge in [-0.2, -0.15) is 0 Å². The zero-order chi connectivity index (χ0) is 9.19. The molecule has 2 N–H and O–H groups in total. The van der Waals surface area contributed by atoms with Crippen LogP contribution < -0.4 is 0 Å². The van der Waals surface area contributed by atoms with Crippen LogP contribution >= 0.6 is 0 Å². The summed E-state index contributed by atoms with van der Waals surface area (Å²) in [5.74, 6) is 0.216. The van der Waals surface area contributed by atoms with E-state index >= 15 is 0 Å². The lowest BCUT2D eigenvalue weighted by Gasteiger charge is -2.27. The van der Waals surface area contributed by atoms with Crippen molar-refractivity contribution in [2.24, 2.45) is 5.92 Å². The second-order valence-corrected chi connectivity index (χ2v) is 4.35. The highest BCUT2D eigenvalue weighted by Gasteiger charge is 2.33. The van der Waals surface area contributed by atoms with Crippen LogP contribution in [0.25, 0.3) is 0 Å². The average molecular weight is 172 g/mol. The molecule has 0 aromatic rings. The Morgan fingerprint density at radius 1 is 1.25 bits per heavy atom. The molecule has 0 heterocycles. The lowest BCUT2D eigenvalue weighted by Crippen LogP contribution is -2.30. The van der Waals surface area contributed by atoms with Crippen molar-refractivity contribution in [3.05, 3.63) is 0 Å². The largest absolute Gasteiger partial charge is 0.393 e. The van der Waals surface area contributed by atoms with Gasteiger partial charge in [-0.3, -0.25) is 0 Å². The fourth-order valence-corrected chi connectivity index (χ4v) is 2.01. The van der Waals surface area contributed by atoms with E-state index in [2.05, 4.69) is 0 Å². The van der Waals surface area contributed by atoms with E-state index in [1.54, 1.807) is 6.92 Å². The third-order valence-electron chi connectivity index (χ3n) is 3.06. The van der Waals surface area contributed by atoms with E-state index < -0.39 is 5.60 Å². The van der Waals surface area contributed by atoms with E-state index in [0.717, 1.165) is 32.1 Å². The molecule has 12 heavy (non-hydrogen) atoms. The molecule has 2 heteroatoms. The van der Waals surface area contributed by atoms with Crippen LogP contribution in [0, 0.1) is 5.92 Å². The molecule has 1 saturated carbocycles. The molecule has 0 aromatic heterocycles. The summed E-state index contributed by atoms with van der Waals surface area (Å²) in [6, 6.07) is 0. The highest BCUT2D eigenvalue weighted by Crippen LogP contribution is 2.35. The first-order valence-electron chi connectivity index (χ1n) is 4.94. The third kappa shape index (κ3) is 2.46. The van der Waals surface area contributed by atoms with Crippen LogP contribution in [0.2, 0.25) is 0 Å². The molecular weight excluding hydrogens is 152 g/mol. The SMILES string of the molecule is CC(O)C(C)CC1(O)CCCC1. The van der Waals surface area contributed by atoms with Gasteiger partial charge in [0.15, 0.2) is 0 Å². The molecule has 0 saturated heterocycles. The Morgan fingerprint density at radius 3 is 2.17 bits per heavy atom. The average Bonchev–Trinajstić information content (AvgIpc) is 2.35. The molecule has 0 aromatic carbocycles. The van der Waals surface area contributed by atoms with Gasteiger partial charge < -0.3 is 10.2 Å². The Morgan fingerprint density at radius 2 is 1.75 bits per heavy atom. The fraction of sp³-hybridized carbons (Fsp3) is 1.00. The van der Waals surface area contributed by atoms with Crippen molar-refractivity contribution in [1.29, 1.82) is 0 Å². The Hall–Kier alpha value is -0.0800. The predicted molar refractivity (Wildman–Crippen MR) is 48.9 cm³/mol. The van der Waals surface area contributed by atoms with Gasteiger partial charge in [0, 0.05) is 0 Å².